The Morgan fingerprint density at radius 3 is 1.95 bits per heavy atom. The van der Waals surface area contributed by atoms with Gasteiger partial charge in [0.2, 0.25) is 5.91 Å². The zero-order chi connectivity index (χ0) is 29.9. The number of carbonyl (C=O) groups is 4. The normalized spacial score (nSPS) is 14.7. The van der Waals surface area contributed by atoms with Crippen molar-refractivity contribution in [3.63, 3.8) is 0 Å². The molecular weight excluding hydrogens is 555 g/mol. The van der Waals surface area contributed by atoms with E-state index in [1.54, 1.807) is 66.7 Å². The second-order valence-corrected chi connectivity index (χ2v) is 10.1. The average Bonchev–Trinajstić information content (AvgIpc) is 3.57. The van der Waals surface area contributed by atoms with Gasteiger partial charge in [-0.3, -0.25) is 9.50 Å². The maximum atomic E-state index is 13.2. The van der Waals surface area contributed by atoms with Crippen molar-refractivity contribution in [3.8, 4) is 11.5 Å². The van der Waals surface area contributed by atoms with E-state index in [1.165, 1.54) is 12.1 Å². The van der Waals surface area contributed by atoms with Gasteiger partial charge in [0.1, 0.15) is 12.1 Å². The Hall–Kier alpha value is -4.57. The molecule has 1 aliphatic rings. The van der Waals surface area contributed by atoms with Crippen LogP contribution in [0.1, 0.15) is 65.8 Å². The molecule has 1 fully saturated rings. The van der Waals surface area contributed by atoms with Gasteiger partial charge in [-0.25, -0.2) is 14.4 Å². The summed E-state index contributed by atoms with van der Waals surface area (Å²) in [6.45, 7) is 4.60. The first kappa shape index (κ1) is 32.9. The number of amides is 1. The molecular formula is C33H37FN2O7. The molecule has 1 saturated heterocycles. The smallest absolute Gasteiger partial charge is 0.343 e. The van der Waals surface area contributed by atoms with Gasteiger partial charge in [-0.05, 0) is 74.2 Å². The van der Waals surface area contributed by atoms with E-state index in [0.29, 0.717) is 36.0 Å². The molecule has 9 nitrogen and oxygen atoms in total. The third-order valence-electron chi connectivity index (χ3n) is 7.04. The minimum atomic E-state index is -0.976. The van der Waals surface area contributed by atoms with Gasteiger partial charge < -0.3 is 24.8 Å². The van der Waals surface area contributed by atoms with Crippen LogP contribution in [0.25, 0.3) is 0 Å². The van der Waals surface area contributed by atoms with Gasteiger partial charge in [0.15, 0.2) is 11.5 Å². The highest BCUT2D eigenvalue weighted by Crippen LogP contribution is 2.31. The lowest BCUT2D eigenvalue weighted by atomic mass is 10.0. The van der Waals surface area contributed by atoms with Crippen molar-refractivity contribution in [1.82, 2.24) is 10.6 Å². The number of esters is 3. The summed E-state index contributed by atoms with van der Waals surface area (Å²) in [5.74, 6) is -2.05. The largest absolute Gasteiger partial charge is 0.461 e. The molecule has 0 bridgehead atoms. The molecule has 0 saturated carbocycles. The minimum Gasteiger partial charge on any atom is -0.461 e. The summed E-state index contributed by atoms with van der Waals surface area (Å²) in [6.07, 6.45) is 2.65. The summed E-state index contributed by atoms with van der Waals surface area (Å²) < 4.78 is 17.0. The summed E-state index contributed by atoms with van der Waals surface area (Å²) >= 11 is 0. The van der Waals surface area contributed by atoms with Gasteiger partial charge in [0.25, 0.3) is 0 Å². The summed E-state index contributed by atoms with van der Waals surface area (Å²) in [4.78, 5) is 51.9. The summed E-state index contributed by atoms with van der Waals surface area (Å²) in [6, 6.07) is 20.2. The number of ether oxygens (including phenoxy) is 3. The van der Waals surface area contributed by atoms with Crippen LogP contribution >= 0.6 is 0 Å². The van der Waals surface area contributed by atoms with Gasteiger partial charge in [0, 0.05) is 6.42 Å². The maximum absolute atomic E-state index is 13.2. The first-order valence-corrected chi connectivity index (χ1v) is 14.3. The van der Waals surface area contributed by atoms with Crippen molar-refractivity contribution in [2.45, 2.75) is 64.1 Å². The number of nitrogens with one attached hydrogen (secondary N) is 2. The zero-order valence-electron chi connectivity index (χ0n) is 24.2. The van der Waals surface area contributed by atoms with Gasteiger partial charge >= 0.3 is 17.9 Å². The third-order valence-corrected chi connectivity index (χ3v) is 7.04. The molecule has 228 valence electrons. The Balaban J connectivity index is 0.00000506. The fourth-order valence-corrected chi connectivity index (χ4v) is 4.62. The van der Waals surface area contributed by atoms with E-state index < -0.39 is 23.9 Å². The SMILES string of the molecule is CCC(CC)OC(=O)[C@H](Cc1ccc(OC(=O)c2ccccc2)c(OC(=O)c2ccccc2)c1)NC(=O)C1CCCN1.F. The summed E-state index contributed by atoms with van der Waals surface area (Å²) in [5, 5.41) is 5.99. The lowest BCUT2D eigenvalue weighted by Gasteiger charge is -2.23. The van der Waals surface area contributed by atoms with Crippen molar-refractivity contribution in [1.29, 1.82) is 0 Å². The summed E-state index contributed by atoms with van der Waals surface area (Å²) in [7, 11) is 0. The van der Waals surface area contributed by atoms with Gasteiger partial charge in [-0.2, -0.15) is 0 Å². The number of rotatable bonds is 12. The van der Waals surface area contributed by atoms with Crippen LogP contribution in [0.4, 0.5) is 4.70 Å². The quantitative estimate of drug-likeness (QED) is 0.228. The molecule has 43 heavy (non-hydrogen) atoms. The zero-order valence-corrected chi connectivity index (χ0v) is 24.2. The van der Waals surface area contributed by atoms with E-state index in [4.69, 9.17) is 14.2 Å². The van der Waals surface area contributed by atoms with E-state index in [9.17, 15) is 19.2 Å². The molecule has 0 radical (unpaired) electrons. The van der Waals surface area contributed by atoms with E-state index in [2.05, 4.69) is 10.6 Å². The second-order valence-electron chi connectivity index (χ2n) is 10.1. The molecule has 0 aromatic heterocycles. The molecule has 3 aromatic carbocycles. The van der Waals surface area contributed by atoms with Crippen LogP contribution in [-0.4, -0.2) is 48.5 Å². The van der Waals surface area contributed by atoms with Crippen LogP contribution in [0.3, 0.4) is 0 Å². The monoisotopic (exact) mass is 592 g/mol. The Bertz CT molecular complexity index is 1370. The Kier molecular flexibility index (Phi) is 12.4. The third kappa shape index (κ3) is 9.21. The highest BCUT2D eigenvalue weighted by molar-refractivity contribution is 5.93. The predicted octanol–water partition coefficient (Wildman–Crippen LogP) is 4.79. The lowest BCUT2D eigenvalue weighted by molar-refractivity contribution is -0.153. The maximum Gasteiger partial charge on any atom is 0.343 e. The van der Waals surface area contributed by atoms with Crippen LogP contribution < -0.4 is 20.1 Å². The van der Waals surface area contributed by atoms with Crippen molar-refractivity contribution in [3.05, 3.63) is 95.6 Å². The first-order chi connectivity index (χ1) is 20.4. The number of benzene rings is 3. The highest BCUT2D eigenvalue weighted by Gasteiger charge is 2.30. The molecule has 4 rings (SSSR count). The number of carbonyl (C=O) groups excluding carboxylic acids is 4. The highest BCUT2D eigenvalue weighted by atomic mass is 19.0. The Labute approximate surface area is 250 Å². The first-order valence-electron chi connectivity index (χ1n) is 14.3. The lowest BCUT2D eigenvalue weighted by Crippen LogP contribution is -2.50. The van der Waals surface area contributed by atoms with E-state index in [0.717, 1.165) is 13.0 Å². The van der Waals surface area contributed by atoms with Crippen molar-refractivity contribution < 1.29 is 38.1 Å². The molecule has 3 aromatic rings. The van der Waals surface area contributed by atoms with Crippen LogP contribution in [-0.2, 0) is 20.7 Å². The van der Waals surface area contributed by atoms with E-state index in [1.807, 2.05) is 13.8 Å². The standard InChI is InChI=1S/C33H36N2O7.FH/c1-3-25(4-2)40-33(39)27(35-30(36)26-16-11-19-34-26)20-22-17-18-28(41-31(37)23-12-7-5-8-13-23)29(21-22)42-32(38)24-14-9-6-10-15-24;/h5-10,12-15,17-18,21,25-27,34H,3-4,11,16,19-20H2,1-2H3,(H,35,36);1H/t26?,27-;/m0./s1. The number of hydrogen-bond donors (Lipinski definition) is 2. The molecule has 1 heterocycles. The molecule has 2 N–H and O–H groups in total. The molecule has 1 amide bonds. The molecule has 2 atom stereocenters. The van der Waals surface area contributed by atoms with Crippen molar-refractivity contribution in [2.75, 3.05) is 6.54 Å². The average molecular weight is 593 g/mol. The molecule has 1 aliphatic heterocycles. The fourth-order valence-electron chi connectivity index (χ4n) is 4.62. The van der Waals surface area contributed by atoms with Crippen molar-refractivity contribution >= 4 is 23.8 Å². The topological polar surface area (TPSA) is 120 Å². The second kappa shape index (κ2) is 16.2. The summed E-state index contributed by atoms with van der Waals surface area (Å²) in [5.41, 5.74) is 1.21. The molecule has 10 heteroatoms. The van der Waals surface area contributed by atoms with E-state index >= 15 is 0 Å². The van der Waals surface area contributed by atoms with Gasteiger partial charge in [-0.1, -0.05) is 56.3 Å². The van der Waals surface area contributed by atoms with Gasteiger partial charge in [0.05, 0.1) is 17.2 Å². The molecule has 0 aliphatic carbocycles. The fraction of sp³-hybridized carbons (Fsp3) is 0.333. The van der Waals surface area contributed by atoms with Crippen LogP contribution in [0.15, 0.2) is 78.9 Å². The van der Waals surface area contributed by atoms with Crippen LogP contribution in [0.2, 0.25) is 0 Å². The molecule has 0 spiro atoms. The Morgan fingerprint density at radius 1 is 0.837 bits per heavy atom. The minimum absolute atomic E-state index is 0. The van der Waals surface area contributed by atoms with Crippen molar-refractivity contribution in [2.24, 2.45) is 0 Å². The predicted molar refractivity (Wildman–Crippen MR) is 159 cm³/mol. The Morgan fingerprint density at radius 2 is 1.42 bits per heavy atom. The number of hydrogen-bond acceptors (Lipinski definition) is 8. The van der Waals surface area contributed by atoms with Crippen LogP contribution in [0, 0.1) is 0 Å². The van der Waals surface area contributed by atoms with Gasteiger partial charge in [-0.15, -0.1) is 0 Å². The van der Waals surface area contributed by atoms with Crippen LogP contribution in [0.5, 0.6) is 11.5 Å². The number of halogens is 1. The van der Waals surface area contributed by atoms with E-state index in [-0.39, 0.29) is 40.7 Å². The molecule has 1 unspecified atom stereocenters.